The zero-order chi connectivity index (χ0) is 26.7. The van der Waals surface area contributed by atoms with Crippen molar-refractivity contribution in [1.82, 2.24) is 4.98 Å². The average Bonchev–Trinajstić information content (AvgIpc) is 2.86. The van der Waals surface area contributed by atoms with Gasteiger partial charge in [0.1, 0.15) is 18.2 Å². The highest BCUT2D eigenvalue weighted by atomic mass is 19.1. The van der Waals surface area contributed by atoms with Crippen molar-refractivity contribution in [3.63, 3.8) is 0 Å². The summed E-state index contributed by atoms with van der Waals surface area (Å²) in [6.07, 6.45) is 5.46. The molecule has 6 heteroatoms. The van der Waals surface area contributed by atoms with E-state index in [9.17, 15) is 14.3 Å². The summed E-state index contributed by atoms with van der Waals surface area (Å²) < 4.78 is 26.1. The highest BCUT2D eigenvalue weighted by molar-refractivity contribution is 5.71. The van der Waals surface area contributed by atoms with Crippen LogP contribution in [0.2, 0.25) is 0 Å². The first-order chi connectivity index (χ1) is 17.6. The third kappa shape index (κ3) is 6.02. The lowest BCUT2D eigenvalue weighted by atomic mass is 9.76. The fraction of sp³-hybridized carbons (Fsp3) is 0.419. The zero-order valence-corrected chi connectivity index (χ0v) is 22.3. The molecule has 0 bridgehead atoms. The molecular formula is C31H36FNO4. The molecule has 1 N–H and O–H groups in total. The summed E-state index contributed by atoms with van der Waals surface area (Å²) in [4.78, 5) is 15.7. The van der Waals surface area contributed by atoms with E-state index < -0.39 is 11.9 Å². The van der Waals surface area contributed by atoms with Gasteiger partial charge in [-0.25, -0.2) is 4.39 Å². The van der Waals surface area contributed by atoms with E-state index in [1.807, 2.05) is 24.3 Å². The molecule has 1 aliphatic carbocycles. The molecule has 1 heterocycles. The molecule has 4 rings (SSSR count). The van der Waals surface area contributed by atoms with Crippen molar-refractivity contribution in [2.45, 2.75) is 65.6 Å². The van der Waals surface area contributed by atoms with Crippen molar-refractivity contribution in [1.29, 1.82) is 0 Å². The molecule has 37 heavy (non-hydrogen) atoms. The molecule has 0 radical (unpaired) electrons. The minimum absolute atomic E-state index is 0.00943. The Bertz CT molecular complexity index is 1270. The maximum Gasteiger partial charge on any atom is 0.306 e. The second-order valence-electron chi connectivity index (χ2n) is 11.1. The summed E-state index contributed by atoms with van der Waals surface area (Å²) in [5.74, 6) is -0.877. The lowest BCUT2D eigenvalue weighted by molar-refractivity contribution is -0.142. The number of aryl methyl sites for hydroxylation is 1. The molecule has 1 aliphatic rings. The number of ether oxygens (including phenoxy) is 2. The van der Waals surface area contributed by atoms with Crippen LogP contribution in [0.5, 0.6) is 5.75 Å². The first kappa shape index (κ1) is 26.8. The molecule has 3 atom stereocenters. The standard InChI is InChI=1S/C31H36FNO4/c1-19(30(34)35)25-8-6-7-21-10-11-24(15-27(21)25)37-18-20-9-12-26(22-14-23(32)17-33-16-22)28(13-20)29(36-5)31(2,3)4/h9-17,19,25,29H,6-8,18H2,1-5H3,(H,34,35)/t19-,25?,29?/m0/s1. The lowest BCUT2D eigenvalue weighted by Gasteiger charge is -2.31. The minimum Gasteiger partial charge on any atom is -0.489 e. The number of rotatable bonds is 8. The van der Waals surface area contributed by atoms with Crippen molar-refractivity contribution >= 4 is 5.97 Å². The molecule has 2 unspecified atom stereocenters. The van der Waals surface area contributed by atoms with Gasteiger partial charge in [0.05, 0.1) is 18.2 Å². The highest BCUT2D eigenvalue weighted by Crippen LogP contribution is 2.41. The average molecular weight is 506 g/mol. The van der Waals surface area contributed by atoms with Crippen LogP contribution in [-0.2, 0) is 22.6 Å². The van der Waals surface area contributed by atoms with Gasteiger partial charge in [-0.1, -0.05) is 45.9 Å². The van der Waals surface area contributed by atoms with Gasteiger partial charge >= 0.3 is 5.97 Å². The number of aliphatic carboxylic acids is 1. The van der Waals surface area contributed by atoms with Crippen LogP contribution in [0.3, 0.4) is 0 Å². The minimum atomic E-state index is -0.767. The molecule has 0 aliphatic heterocycles. The van der Waals surface area contributed by atoms with Crippen LogP contribution < -0.4 is 4.74 Å². The predicted molar refractivity (Wildman–Crippen MR) is 142 cm³/mol. The van der Waals surface area contributed by atoms with Gasteiger partial charge in [-0.05, 0) is 82.7 Å². The number of aromatic nitrogens is 1. The summed E-state index contributed by atoms with van der Waals surface area (Å²) >= 11 is 0. The summed E-state index contributed by atoms with van der Waals surface area (Å²) in [7, 11) is 1.69. The predicted octanol–water partition coefficient (Wildman–Crippen LogP) is 7.34. The lowest BCUT2D eigenvalue weighted by Crippen LogP contribution is -2.23. The second-order valence-corrected chi connectivity index (χ2v) is 11.1. The van der Waals surface area contributed by atoms with Gasteiger partial charge in [0, 0.05) is 18.9 Å². The zero-order valence-electron chi connectivity index (χ0n) is 22.3. The van der Waals surface area contributed by atoms with Gasteiger partial charge < -0.3 is 14.6 Å². The Morgan fingerprint density at radius 3 is 2.62 bits per heavy atom. The first-order valence-corrected chi connectivity index (χ1v) is 12.8. The monoisotopic (exact) mass is 505 g/mol. The summed E-state index contributed by atoms with van der Waals surface area (Å²) in [6, 6.07) is 13.5. The van der Waals surface area contributed by atoms with E-state index in [0.29, 0.717) is 12.2 Å². The maximum absolute atomic E-state index is 14.0. The number of hydrogen-bond donors (Lipinski definition) is 1. The fourth-order valence-electron chi connectivity index (χ4n) is 5.45. The number of halogens is 1. The van der Waals surface area contributed by atoms with E-state index in [4.69, 9.17) is 9.47 Å². The largest absolute Gasteiger partial charge is 0.489 e. The third-order valence-electron chi connectivity index (χ3n) is 7.31. The van der Waals surface area contributed by atoms with Crippen molar-refractivity contribution in [3.05, 3.63) is 82.9 Å². The molecule has 2 aromatic carbocycles. The van der Waals surface area contributed by atoms with Crippen molar-refractivity contribution < 1.29 is 23.8 Å². The summed E-state index contributed by atoms with van der Waals surface area (Å²) in [5.41, 5.74) is 5.57. The van der Waals surface area contributed by atoms with Gasteiger partial charge in [0.2, 0.25) is 0 Å². The van der Waals surface area contributed by atoms with E-state index in [-0.39, 0.29) is 23.3 Å². The van der Waals surface area contributed by atoms with Crippen molar-refractivity contribution in [2.24, 2.45) is 11.3 Å². The van der Waals surface area contributed by atoms with Crippen molar-refractivity contribution in [2.75, 3.05) is 7.11 Å². The number of fused-ring (bicyclic) bond motifs is 1. The molecule has 3 aromatic rings. The Hall–Kier alpha value is -3.25. The Morgan fingerprint density at radius 2 is 1.95 bits per heavy atom. The van der Waals surface area contributed by atoms with Gasteiger partial charge in [0.15, 0.2) is 0 Å². The highest BCUT2D eigenvalue weighted by Gasteiger charge is 2.30. The molecular weight excluding hydrogens is 469 g/mol. The molecule has 0 saturated heterocycles. The topological polar surface area (TPSA) is 68.7 Å². The van der Waals surface area contributed by atoms with E-state index in [2.05, 4.69) is 37.9 Å². The second kappa shape index (κ2) is 11.0. The number of carbonyl (C=O) groups is 1. The molecule has 0 spiro atoms. The molecule has 0 amide bonds. The van der Waals surface area contributed by atoms with Gasteiger partial charge in [-0.3, -0.25) is 9.78 Å². The number of methoxy groups -OCH3 is 1. The van der Waals surface area contributed by atoms with Crippen LogP contribution in [0.1, 0.15) is 74.8 Å². The number of benzene rings is 2. The van der Waals surface area contributed by atoms with Crippen LogP contribution in [0.4, 0.5) is 4.39 Å². The molecule has 5 nitrogen and oxygen atoms in total. The Labute approximate surface area is 218 Å². The van der Waals surface area contributed by atoms with Crippen LogP contribution in [-0.4, -0.2) is 23.2 Å². The normalized spacial score (nSPS) is 17.1. The number of hydrogen-bond acceptors (Lipinski definition) is 4. The third-order valence-corrected chi connectivity index (χ3v) is 7.31. The number of nitrogens with zero attached hydrogens (tertiary/aromatic N) is 1. The smallest absolute Gasteiger partial charge is 0.306 e. The SMILES string of the molecule is COC(c1cc(COc2ccc3c(c2)C([C@H](C)C(=O)O)CCC3)ccc1-c1cncc(F)c1)C(C)(C)C. The van der Waals surface area contributed by atoms with Crippen LogP contribution in [0.25, 0.3) is 11.1 Å². The van der Waals surface area contributed by atoms with E-state index in [1.165, 1.54) is 17.8 Å². The van der Waals surface area contributed by atoms with Crippen LogP contribution >= 0.6 is 0 Å². The van der Waals surface area contributed by atoms with E-state index in [0.717, 1.165) is 47.3 Å². The Morgan fingerprint density at radius 1 is 1.16 bits per heavy atom. The Kier molecular flexibility index (Phi) is 7.98. The summed E-state index contributed by atoms with van der Waals surface area (Å²) in [6.45, 7) is 8.46. The summed E-state index contributed by atoms with van der Waals surface area (Å²) in [5, 5.41) is 9.58. The Balaban J connectivity index is 1.63. The molecule has 0 fully saturated rings. The van der Waals surface area contributed by atoms with Gasteiger partial charge in [-0.15, -0.1) is 0 Å². The van der Waals surface area contributed by atoms with E-state index >= 15 is 0 Å². The molecule has 196 valence electrons. The van der Waals surface area contributed by atoms with Crippen LogP contribution in [0.15, 0.2) is 54.9 Å². The van der Waals surface area contributed by atoms with Crippen molar-refractivity contribution in [3.8, 4) is 16.9 Å². The fourth-order valence-corrected chi connectivity index (χ4v) is 5.45. The van der Waals surface area contributed by atoms with Crippen LogP contribution in [0, 0.1) is 17.2 Å². The number of carboxylic acid groups (broad SMARTS) is 1. The maximum atomic E-state index is 14.0. The quantitative estimate of drug-likeness (QED) is 0.347. The van der Waals surface area contributed by atoms with E-state index in [1.54, 1.807) is 20.2 Å². The van der Waals surface area contributed by atoms with Gasteiger partial charge in [-0.2, -0.15) is 0 Å². The van der Waals surface area contributed by atoms with Gasteiger partial charge in [0.25, 0.3) is 0 Å². The first-order valence-electron chi connectivity index (χ1n) is 12.8. The molecule has 1 aromatic heterocycles. The number of pyridine rings is 1. The molecule has 0 saturated carbocycles. The number of carboxylic acids is 1.